The van der Waals surface area contributed by atoms with Crippen molar-refractivity contribution < 1.29 is 0 Å². The summed E-state index contributed by atoms with van der Waals surface area (Å²) in [6, 6.07) is 0. The Bertz CT molecular complexity index is 64.8. The maximum atomic E-state index is 3.65. The topological polar surface area (TPSA) is 0 Å². The van der Waals surface area contributed by atoms with Crippen molar-refractivity contribution in [2.45, 2.75) is 38.4 Å². The minimum absolute atomic E-state index is 0.354. The van der Waals surface area contributed by atoms with E-state index in [0.717, 1.165) is 5.92 Å². The van der Waals surface area contributed by atoms with Gasteiger partial charge in [0, 0.05) is 4.32 Å². The third-order valence-corrected chi connectivity index (χ3v) is 3.37. The Morgan fingerprint density at radius 2 is 1.88 bits per heavy atom. The van der Waals surface area contributed by atoms with Gasteiger partial charge in [-0.25, -0.2) is 0 Å². The maximum absolute atomic E-state index is 3.65. The number of hydrogen-bond donors (Lipinski definition) is 0. The van der Waals surface area contributed by atoms with Gasteiger partial charge in [0.2, 0.25) is 0 Å². The molecular weight excluding hydrogens is 164 g/mol. The molecule has 1 atom stereocenters. The van der Waals surface area contributed by atoms with Crippen LogP contribution in [0.3, 0.4) is 0 Å². The van der Waals surface area contributed by atoms with Gasteiger partial charge in [0.05, 0.1) is 0 Å². The zero-order valence-corrected chi connectivity index (χ0v) is 7.75. The molecule has 0 fully saturated rings. The van der Waals surface area contributed by atoms with Crippen LogP contribution in [0.15, 0.2) is 0 Å². The predicted molar refractivity (Wildman–Crippen MR) is 42.5 cm³/mol. The number of rotatable bonds is 2. The molecule has 0 rings (SSSR count). The third-order valence-electron chi connectivity index (χ3n) is 1.90. The summed E-state index contributed by atoms with van der Waals surface area (Å²) in [5.41, 5.74) is 0. The van der Waals surface area contributed by atoms with E-state index >= 15 is 0 Å². The highest BCUT2D eigenvalue weighted by Crippen LogP contribution is 2.29. The fourth-order valence-electron chi connectivity index (χ4n) is 0.408. The molecule has 0 aliphatic rings. The zero-order chi connectivity index (χ0) is 6.78. The van der Waals surface area contributed by atoms with Crippen LogP contribution < -0.4 is 0 Å². The van der Waals surface area contributed by atoms with Crippen LogP contribution >= 0.6 is 15.9 Å². The smallest absolute Gasteiger partial charge is 0.0250 e. The van der Waals surface area contributed by atoms with Crippen molar-refractivity contribution in [1.29, 1.82) is 0 Å². The van der Waals surface area contributed by atoms with Gasteiger partial charge in [-0.15, -0.1) is 0 Å². The second-order valence-electron chi connectivity index (χ2n) is 2.79. The third kappa shape index (κ3) is 2.17. The molecular formula is C7H15Br. The van der Waals surface area contributed by atoms with Gasteiger partial charge in [-0.1, -0.05) is 36.7 Å². The van der Waals surface area contributed by atoms with Gasteiger partial charge in [-0.2, -0.15) is 0 Å². The summed E-state index contributed by atoms with van der Waals surface area (Å²) in [5, 5.41) is 0. The Balaban J connectivity index is 3.71. The molecule has 50 valence electrons. The lowest BCUT2D eigenvalue weighted by atomic mass is 9.95. The summed E-state index contributed by atoms with van der Waals surface area (Å²) in [7, 11) is 0. The van der Waals surface area contributed by atoms with E-state index in [1.165, 1.54) is 6.42 Å². The van der Waals surface area contributed by atoms with Crippen molar-refractivity contribution in [2.75, 3.05) is 0 Å². The van der Waals surface area contributed by atoms with E-state index in [9.17, 15) is 0 Å². The van der Waals surface area contributed by atoms with Crippen LogP contribution in [0.4, 0.5) is 0 Å². The second kappa shape index (κ2) is 2.86. The van der Waals surface area contributed by atoms with Crippen LogP contribution in [-0.4, -0.2) is 4.32 Å². The first-order valence-corrected chi connectivity index (χ1v) is 3.99. The molecule has 0 bridgehead atoms. The molecule has 0 aromatic heterocycles. The summed E-state index contributed by atoms with van der Waals surface area (Å²) in [6.45, 7) is 8.91. The first kappa shape index (κ1) is 8.48. The van der Waals surface area contributed by atoms with Crippen molar-refractivity contribution >= 4 is 15.9 Å². The highest BCUT2D eigenvalue weighted by Gasteiger charge is 2.21. The van der Waals surface area contributed by atoms with E-state index in [1.54, 1.807) is 0 Å². The van der Waals surface area contributed by atoms with E-state index in [-0.39, 0.29) is 0 Å². The van der Waals surface area contributed by atoms with Gasteiger partial charge in [-0.3, -0.25) is 0 Å². The van der Waals surface area contributed by atoms with Gasteiger partial charge < -0.3 is 0 Å². The van der Waals surface area contributed by atoms with Gasteiger partial charge in [0.1, 0.15) is 0 Å². The molecule has 0 aromatic carbocycles. The lowest BCUT2D eigenvalue weighted by molar-refractivity contribution is 0.465. The molecule has 0 radical (unpaired) electrons. The average Bonchev–Trinajstić information content (AvgIpc) is 1.67. The van der Waals surface area contributed by atoms with Crippen LogP contribution in [0.25, 0.3) is 0 Å². The van der Waals surface area contributed by atoms with Crippen LogP contribution in [0.1, 0.15) is 34.1 Å². The maximum Gasteiger partial charge on any atom is 0.0250 e. The molecule has 0 aliphatic heterocycles. The SMILES string of the molecule is CCC(C)(Br)C(C)C. The lowest BCUT2D eigenvalue weighted by Crippen LogP contribution is -2.21. The first-order valence-electron chi connectivity index (χ1n) is 3.19. The fraction of sp³-hybridized carbons (Fsp3) is 1.00. The minimum Gasteiger partial charge on any atom is -0.0854 e. The molecule has 0 aromatic rings. The average molecular weight is 179 g/mol. The number of alkyl halides is 1. The Kier molecular flexibility index (Phi) is 3.03. The molecule has 0 heterocycles. The lowest BCUT2D eigenvalue weighted by Gasteiger charge is -2.24. The van der Waals surface area contributed by atoms with Crippen molar-refractivity contribution in [3.05, 3.63) is 0 Å². The normalized spacial score (nSPS) is 18.8. The highest BCUT2D eigenvalue weighted by molar-refractivity contribution is 9.10. The first-order chi connectivity index (χ1) is 3.50. The molecule has 1 unspecified atom stereocenters. The monoisotopic (exact) mass is 178 g/mol. The molecule has 0 spiro atoms. The quantitative estimate of drug-likeness (QED) is 0.571. The van der Waals surface area contributed by atoms with Crippen LogP contribution in [-0.2, 0) is 0 Å². The van der Waals surface area contributed by atoms with Crippen molar-refractivity contribution in [3.8, 4) is 0 Å². The molecule has 0 nitrogen and oxygen atoms in total. The van der Waals surface area contributed by atoms with Gasteiger partial charge >= 0.3 is 0 Å². The van der Waals surface area contributed by atoms with E-state index in [4.69, 9.17) is 0 Å². The molecule has 1 heteroatoms. The Morgan fingerprint density at radius 1 is 1.50 bits per heavy atom. The number of halogens is 1. The van der Waals surface area contributed by atoms with E-state index < -0.39 is 0 Å². The summed E-state index contributed by atoms with van der Waals surface area (Å²) in [4.78, 5) is 0. The predicted octanol–water partition coefficient (Wildman–Crippen LogP) is 3.21. The Labute approximate surface area is 60.8 Å². The Morgan fingerprint density at radius 3 is 1.88 bits per heavy atom. The molecule has 0 saturated heterocycles. The molecule has 0 saturated carbocycles. The molecule has 0 amide bonds. The summed E-state index contributed by atoms with van der Waals surface area (Å²) >= 11 is 3.65. The zero-order valence-electron chi connectivity index (χ0n) is 6.16. The van der Waals surface area contributed by atoms with Crippen LogP contribution in [0.5, 0.6) is 0 Å². The van der Waals surface area contributed by atoms with Gasteiger partial charge in [-0.05, 0) is 19.3 Å². The fourth-order valence-corrected chi connectivity index (χ4v) is 0.408. The highest BCUT2D eigenvalue weighted by atomic mass is 79.9. The van der Waals surface area contributed by atoms with Gasteiger partial charge in [0.25, 0.3) is 0 Å². The van der Waals surface area contributed by atoms with Crippen molar-refractivity contribution in [3.63, 3.8) is 0 Å². The van der Waals surface area contributed by atoms with E-state index in [2.05, 4.69) is 43.6 Å². The largest absolute Gasteiger partial charge is 0.0854 e. The van der Waals surface area contributed by atoms with E-state index in [0.29, 0.717) is 4.32 Å². The van der Waals surface area contributed by atoms with Crippen LogP contribution in [0.2, 0.25) is 0 Å². The summed E-state index contributed by atoms with van der Waals surface area (Å²) < 4.78 is 0.354. The minimum atomic E-state index is 0.354. The standard InChI is InChI=1S/C7H15Br/c1-5-7(4,8)6(2)3/h6H,5H2,1-4H3. The summed E-state index contributed by atoms with van der Waals surface area (Å²) in [5.74, 6) is 0.729. The van der Waals surface area contributed by atoms with Crippen molar-refractivity contribution in [2.24, 2.45) is 5.92 Å². The number of hydrogen-bond acceptors (Lipinski definition) is 0. The molecule has 8 heavy (non-hydrogen) atoms. The van der Waals surface area contributed by atoms with Gasteiger partial charge in [0.15, 0.2) is 0 Å². The molecule has 0 N–H and O–H groups in total. The van der Waals surface area contributed by atoms with E-state index in [1.807, 2.05) is 0 Å². The Hall–Kier alpha value is 0.480. The summed E-state index contributed by atoms with van der Waals surface area (Å²) in [6.07, 6.45) is 1.20. The molecule has 0 aliphatic carbocycles. The van der Waals surface area contributed by atoms with Crippen LogP contribution in [0, 0.1) is 5.92 Å². The van der Waals surface area contributed by atoms with Crippen molar-refractivity contribution in [1.82, 2.24) is 0 Å². The second-order valence-corrected chi connectivity index (χ2v) is 4.60.